The van der Waals surface area contributed by atoms with E-state index in [4.69, 9.17) is 0 Å². The maximum absolute atomic E-state index is 3.89. The smallest absolute Gasteiger partial charge is 0.0462 e. The lowest BCUT2D eigenvalue weighted by Crippen LogP contribution is -2.10. The molecule has 0 saturated heterocycles. The van der Waals surface area contributed by atoms with E-state index in [-0.39, 0.29) is 0 Å². The van der Waals surface area contributed by atoms with Gasteiger partial charge in [0.25, 0.3) is 0 Å². The number of allylic oxidation sites excluding steroid dienone is 5. The molecule has 0 fully saturated rings. The maximum atomic E-state index is 3.89. The first-order valence-electron chi connectivity index (χ1n) is 14.3. The van der Waals surface area contributed by atoms with Gasteiger partial charge in [0.05, 0.1) is 0 Å². The zero-order chi connectivity index (χ0) is 28.7. The van der Waals surface area contributed by atoms with E-state index in [1.807, 2.05) is 19.1 Å². The highest BCUT2D eigenvalue weighted by Gasteiger charge is 2.14. The zero-order valence-electron chi connectivity index (χ0n) is 23.8. The van der Waals surface area contributed by atoms with Gasteiger partial charge in [0, 0.05) is 17.1 Å². The Hall–Kier alpha value is -5.40. The Kier molecular flexibility index (Phi) is 7.92. The number of anilines is 3. The summed E-state index contributed by atoms with van der Waals surface area (Å²) in [6, 6.07) is 52.1. The van der Waals surface area contributed by atoms with Crippen LogP contribution in [0.25, 0.3) is 38.6 Å². The Morgan fingerprint density at radius 3 is 1.74 bits per heavy atom. The van der Waals surface area contributed by atoms with E-state index in [9.17, 15) is 0 Å². The molecule has 1 heteroatoms. The van der Waals surface area contributed by atoms with E-state index in [1.165, 1.54) is 33.0 Å². The van der Waals surface area contributed by atoms with Crippen LogP contribution < -0.4 is 4.90 Å². The molecule has 42 heavy (non-hydrogen) atoms. The van der Waals surface area contributed by atoms with E-state index in [1.54, 1.807) is 0 Å². The number of nitrogens with zero attached hydrogens (tertiary/aromatic N) is 1. The van der Waals surface area contributed by atoms with Crippen LogP contribution in [0.3, 0.4) is 0 Å². The molecule has 0 radical (unpaired) electrons. The Bertz CT molecular complexity index is 1850. The summed E-state index contributed by atoms with van der Waals surface area (Å²) in [6.07, 6.45) is 8.05. The highest BCUT2D eigenvalue weighted by molar-refractivity contribution is 5.97. The number of benzene rings is 6. The Morgan fingerprint density at radius 2 is 1.10 bits per heavy atom. The molecule has 0 heterocycles. The molecule has 0 bridgehead atoms. The highest BCUT2D eigenvalue weighted by atomic mass is 15.1. The topological polar surface area (TPSA) is 3.24 Å². The van der Waals surface area contributed by atoms with Crippen molar-refractivity contribution >= 4 is 33.4 Å². The van der Waals surface area contributed by atoms with Crippen LogP contribution in [0.1, 0.15) is 12.5 Å². The molecule has 0 aromatic heterocycles. The minimum absolute atomic E-state index is 1.10. The van der Waals surface area contributed by atoms with Gasteiger partial charge in [-0.25, -0.2) is 0 Å². The van der Waals surface area contributed by atoms with E-state index >= 15 is 0 Å². The van der Waals surface area contributed by atoms with Gasteiger partial charge in [-0.15, -0.1) is 0 Å². The summed E-state index contributed by atoms with van der Waals surface area (Å²) in [5.74, 6) is 0. The molecule has 0 spiro atoms. The first-order valence-corrected chi connectivity index (χ1v) is 14.3. The summed E-state index contributed by atoms with van der Waals surface area (Å²) in [5, 5.41) is 2.52. The van der Waals surface area contributed by atoms with Crippen molar-refractivity contribution in [3.05, 3.63) is 182 Å². The van der Waals surface area contributed by atoms with Crippen molar-refractivity contribution in [2.45, 2.75) is 6.92 Å². The van der Waals surface area contributed by atoms with Crippen LogP contribution in [0.2, 0.25) is 0 Å². The van der Waals surface area contributed by atoms with Gasteiger partial charge in [-0.05, 0) is 87.5 Å². The lowest BCUT2D eigenvalue weighted by Gasteiger charge is -2.26. The molecular formula is C41H33N. The standard InChI is InChI=1S/C41H33N/c1-3-11-31(12-4-2)33-19-25-37(26-20-33)42(38-27-21-34(22-28-38)32-13-6-5-7-14-32)39-29-23-36(24-30-39)41-18-10-16-35-15-8-9-17-40(35)41/h3-30H,1H2,2H3/b12-4-,31-11+. The average molecular weight is 540 g/mol. The van der Waals surface area contributed by atoms with Crippen molar-refractivity contribution in [1.29, 1.82) is 0 Å². The zero-order valence-corrected chi connectivity index (χ0v) is 23.8. The van der Waals surface area contributed by atoms with Gasteiger partial charge in [0.1, 0.15) is 0 Å². The number of hydrogen-bond donors (Lipinski definition) is 0. The van der Waals surface area contributed by atoms with Crippen LogP contribution >= 0.6 is 0 Å². The first kappa shape index (κ1) is 26.8. The summed E-state index contributed by atoms with van der Waals surface area (Å²) >= 11 is 0. The van der Waals surface area contributed by atoms with Crippen LogP contribution in [0.5, 0.6) is 0 Å². The van der Waals surface area contributed by atoms with Gasteiger partial charge in [-0.3, -0.25) is 0 Å². The molecule has 0 unspecified atom stereocenters. The van der Waals surface area contributed by atoms with Crippen molar-refractivity contribution in [3.63, 3.8) is 0 Å². The minimum atomic E-state index is 1.10. The molecule has 0 aliphatic rings. The molecule has 0 saturated carbocycles. The van der Waals surface area contributed by atoms with E-state index in [0.29, 0.717) is 0 Å². The lowest BCUT2D eigenvalue weighted by atomic mass is 9.98. The van der Waals surface area contributed by atoms with Gasteiger partial charge in [0.15, 0.2) is 0 Å². The quantitative estimate of drug-likeness (QED) is 0.174. The van der Waals surface area contributed by atoms with Gasteiger partial charge < -0.3 is 4.90 Å². The van der Waals surface area contributed by atoms with Crippen molar-refractivity contribution in [2.75, 3.05) is 4.90 Å². The van der Waals surface area contributed by atoms with E-state index in [2.05, 4.69) is 169 Å². The summed E-state index contributed by atoms with van der Waals surface area (Å²) in [6.45, 7) is 5.93. The summed E-state index contributed by atoms with van der Waals surface area (Å²) in [4.78, 5) is 2.32. The molecule has 0 N–H and O–H groups in total. The van der Waals surface area contributed by atoms with Crippen LogP contribution in [0.4, 0.5) is 17.1 Å². The predicted octanol–water partition coefficient (Wildman–Crippen LogP) is 11.8. The fraction of sp³-hybridized carbons (Fsp3) is 0.0244. The maximum Gasteiger partial charge on any atom is 0.0462 e. The van der Waals surface area contributed by atoms with E-state index < -0.39 is 0 Å². The molecule has 1 nitrogen and oxygen atoms in total. The Labute approximate surface area is 249 Å². The van der Waals surface area contributed by atoms with Gasteiger partial charge in [-0.2, -0.15) is 0 Å². The second-order valence-electron chi connectivity index (χ2n) is 10.2. The lowest BCUT2D eigenvalue weighted by molar-refractivity contribution is 1.28. The summed E-state index contributed by atoms with van der Waals surface area (Å²) in [7, 11) is 0. The molecule has 0 atom stereocenters. The first-order chi connectivity index (χ1) is 20.7. The van der Waals surface area contributed by atoms with Gasteiger partial charge >= 0.3 is 0 Å². The fourth-order valence-corrected chi connectivity index (χ4v) is 5.51. The third-order valence-electron chi connectivity index (χ3n) is 7.56. The predicted molar refractivity (Wildman–Crippen MR) is 182 cm³/mol. The third-order valence-corrected chi connectivity index (χ3v) is 7.56. The molecule has 6 rings (SSSR count). The van der Waals surface area contributed by atoms with Gasteiger partial charge in [0.2, 0.25) is 0 Å². The number of rotatable bonds is 8. The van der Waals surface area contributed by atoms with Crippen molar-refractivity contribution < 1.29 is 0 Å². The number of hydrogen-bond acceptors (Lipinski definition) is 1. The highest BCUT2D eigenvalue weighted by Crippen LogP contribution is 2.38. The van der Waals surface area contributed by atoms with Crippen LogP contribution in [0, 0.1) is 0 Å². The van der Waals surface area contributed by atoms with Crippen LogP contribution in [0.15, 0.2) is 176 Å². The molecule has 6 aromatic carbocycles. The SMILES string of the molecule is C=C/C=C(\C=C/C)c1ccc(N(c2ccc(-c3ccccc3)cc2)c2ccc(-c3cccc4ccccc34)cc2)cc1. The molecule has 0 aliphatic carbocycles. The van der Waals surface area contributed by atoms with Crippen molar-refractivity contribution in [1.82, 2.24) is 0 Å². The average Bonchev–Trinajstić information content (AvgIpc) is 3.06. The monoisotopic (exact) mass is 539 g/mol. The number of fused-ring (bicyclic) bond motifs is 1. The largest absolute Gasteiger partial charge is 0.311 e. The fourth-order valence-electron chi connectivity index (χ4n) is 5.51. The minimum Gasteiger partial charge on any atom is -0.311 e. The Morgan fingerprint density at radius 1 is 0.548 bits per heavy atom. The molecule has 6 aromatic rings. The van der Waals surface area contributed by atoms with Gasteiger partial charge in [-0.1, -0.05) is 140 Å². The van der Waals surface area contributed by atoms with Crippen molar-refractivity contribution in [2.24, 2.45) is 0 Å². The van der Waals surface area contributed by atoms with Crippen molar-refractivity contribution in [3.8, 4) is 22.3 Å². The summed E-state index contributed by atoms with van der Waals surface area (Å²) in [5.41, 5.74) is 10.5. The molecule has 0 amide bonds. The second kappa shape index (κ2) is 12.4. The van der Waals surface area contributed by atoms with E-state index in [0.717, 1.165) is 28.2 Å². The molecule has 0 aliphatic heterocycles. The van der Waals surface area contributed by atoms with Crippen LogP contribution in [-0.4, -0.2) is 0 Å². The second-order valence-corrected chi connectivity index (χ2v) is 10.2. The summed E-state index contributed by atoms with van der Waals surface area (Å²) < 4.78 is 0. The molecular weight excluding hydrogens is 506 g/mol. The normalized spacial score (nSPS) is 11.6. The molecule has 202 valence electrons. The Balaban J connectivity index is 1.41. The van der Waals surface area contributed by atoms with Crippen LogP contribution in [-0.2, 0) is 0 Å². The third kappa shape index (κ3) is 5.59.